The molecule has 0 amide bonds. The van der Waals surface area contributed by atoms with Gasteiger partial charge < -0.3 is 10.5 Å². The standard InChI is InChI=1S/C16H18ClNO/c1-16(18,14-5-3-4-6-15(14)17)11-12-7-9-13(19-2)10-8-12/h3-10H,11,18H2,1-2H3. The summed E-state index contributed by atoms with van der Waals surface area (Å²) in [7, 11) is 1.66. The first-order chi connectivity index (χ1) is 9.03. The van der Waals surface area contributed by atoms with E-state index < -0.39 is 5.54 Å². The maximum atomic E-state index is 6.43. The minimum absolute atomic E-state index is 0.493. The van der Waals surface area contributed by atoms with Gasteiger partial charge in [0.2, 0.25) is 0 Å². The van der Waals surface area contributed by atoms with Crippen LogP contribution in [0.5, 0.6) is 5.75 Å². The molecule has 3 heteroatoms. The third-order valence-corrected chi connectivity index (χ3v) is 3.55. The quantitative estimate of drug-likeness (QED) is 0.922. The van der Waals surface area contributed by atoms with Gasteiger partial charge in [0.15, 0.2) is 0 Å². The van der Waals surface area contributed by atoms with Crippen molar-refractivity contribution in [1.82, 2.24) is 0 Å². The molecule has 100 valence electrons. The fourth-order valence-electron chi connectivity index (χ4n) is 2.19. The SMILES string of the molecule is COc1ccc(CC(C)(N)c2ccccc2Cl)cc1. The van der Waals surface area contributed by atoms with Crippen molar-refractivity contribution in [3.8, 4) is 5.75 Å². The van der Waals surface area contributed by atoms with Gasteiger partial charge in [-0.1, -0.05) is 41.9 Å². The first kappa shape index (κ1) is 13.9. The molecule has 0 aromatic heterocycles. The number of nitrogens with two attached hydrogens (primary N) is 1. The summed E-state index contributed by atoms with van der Waals surface area (Å²) in [4.78, 5) is 0. The van der Waals surface area contributed by atoms with E-state index >= 15 is 0 Å². The molecule has 19 heavy (non-hydrogen) atoms. The molecule has 2 aromatic rings. The number of hydrogen-bond acceptors (Lipinski definition) is 2. The molecule has 0 fully saturated rings. The highest BCUT2D eigenvalue weighted by Gasteiger charge is 2.23. The maximum Gasteiger partial charge on any atom is 0.118 e. The van der Waals surface area contributed by atoms with Gasteiger partial charge in [0.25, 0.3) is 0 Å². The molecule has 2 nitrogen and oxygen atoms in total. The van der Waals surface area contributed by atoms with E-state index in [2.05, 4.69) is 0 Å². The summed E-state index contributed by atoms with van der Waals surface area (Å²) in [6.45, 7) is 2.00. The van der Waals surface area contributed by atoms with Crippen LogP contribution < -0.4 is 10.5 Å². The molecule has 0 aliphatic carbocycles. The highest BCUT2D eigenvalue weighted by atomic mass is 35.5. The molecule has 0 saturated heterocycles. The van der Waals surface area contributed by atoms with Crippen LogP contribution in [0, 0.1) is 0 Å². The Morgan fingerprint density at radius 1 is 1.11 bits per heavy atom. The second kappa shape index (κ2) is 5.64. The zero-order valence-corrected chi connectivity index (χ0v) is 11.9. The summed E-state index contributed by atoms with van der Waals surface area (Å²) in [5.74, 6) is 0.847. The Hall–Kier alpha value is -1.51. The lowest BCUT2D eigenvalue weighted by Crippen LogP contribution is -2.35. The smallest absolute Gasteiger partial charge is 0.118 e. The topological polar surface area (TPSA) is 35.2 Å². The Bertz CT molecular complexity index is 549. The molecule has 0 spiro atoms. The molecule has 0 heterocycles. The number of methoxy groups -OCH3 is 1. The van der Waals surface area contributed by atoms with Crippen molar-refractivity contribution in [3.63, 3.8) is 0 Å². The van der Waals surface area contributed by atoms with Crippen molar-refractivity contribution in [2.45, 2.75) is 18.9 Å². The lowest BCUT2D eigenvalue weighted by Gasteiger charge is -2.26. The Kier molecular flexibility index (Phi) is 4.13. The normalized spacial score (nSPS) is 13.9. The lowest BCUT2D eigenvalue weighted by atomic mass is 9.86. The summed E-state index contributed by atoms with van der Waals surface area (Å²) in [5.41, 5.74) is 8.06. The van der Waals surface area contributed by atoms with Crippen LogP contribution in [0.25, 0.3) is 0 Å². The monoisotopic (exact) mass is 275 g/mol. The van der Waals surface area contributed by atoms with Crippen LogP contribution in [0.15, 0.2) is 48.5 Å². The Morgan fingerprint density at radius 3 is 2.32 bits per heavy atom. The van der Waals surface area contributed by atoms with Crippen LogP contribution >= 0.6 is 11.6 Å². The van der Waals surface area contributed by atoms with Crippen molar-refractivity contribution < 1.29 is 4.74 Å². The molecular formula is C16H18ClNO. The largest absolute Gasteiger partial charge is 0.497 e. The zero-order chi connectivity index (χ0) is 13.9. The van der Waals surface area contributed by atoms with E-state index in [-0.39, 0.29) is 0 Å². The molecule has 0 aliphatic heterocycles. The maximum absolute atomic E-state index is 6.43. The molecule has 0 radical (unpaired) electrons. The number of halogens is 1. The minimum Gasteiger partial charge on any atom is -0.497 e. The molecule has 0 saturated carbocycles. The molecule has 1 unspecified atom stereocenters. The van der Waals surface area contributed by atoms with Gasteiger partial charge in [-0.3, -0.25) is 0 Å². The predicted octanol–water partition coefficient (Wildman–Crippen LogP) is 3.77. The third-order valence-electron chi connectivity index (χ3n) is 3.22. The van der Waals surface area contributed by atoms with E-state index in [1.807, 2.05) is 55.5 Å². The van der Waals surface area contributed by atoms with Crippen molar-refractivity contribution in [3.05, 3.63) is 64.7 Å². The highest BCUT2D eigenvalue weighted by Crippen LogP contribution is 2.29. The van der Waals surface area contributed by atoms with Crippen molar-refractivity contribution in [1.29, 1.82) is 0 Å². The summed E-state index contributed by atoms with van der Waals surface area (Å²) >= 11 is 6.22. The number of hydrogen-bond donors (Lipinski definition) is 1. The zero-order valence-electron chi connectivity index (χ0n) is 11.2. The first-order valence-electron chi connectivity index (χ1n) is 6.20. The number of rotatable bonds is 4. The highest BCUT2D eigenvalue weighted by molar-refractivity contribution is 6.31. The average molecular weight is 276 g/mol. The number of benzene rings is 2. The summed E-state index contributed by atoms with van der Waals surface area (Å²) < 4.78 is 5.15. The van der Waals surface area contributed by atoms with E-state index in [4.69, 9.17) is 22.1 Å². The third kappa shape index (κ3) is 3.28. The van der Waals surface area contributed by atoms with Gasteiger partial charge in [-0.2, -0.15) is 0 Å². The summed E-state index contributed by atoms with van der Waals surface area (Å²) in [5, 5.41) is 0.709. The van der Waals surface area contributed by atoms with E-state index in [9.17, 15) is 0 Å². The Morgan fingerprint density at radius 2 is 1.74 bits per heavy atom. The van der Waals surface area contributed by atoms with Crippen LogP contribution in [0.1, 0.15) is 18.1 Å². The average Bonchev–Trinajstić information content (AvgIpc) is 2.39. The van der Waals surface area contributed by atoms with E-state index in [1.165, 1.54) is 0 Å². The molecule has 2 aromatic carbocycles. The predicted molar refractivity (Wildman–Crippen MR) is 79.7 cm³/mol. The summed E-state index contributed by atoms with van der Waals surface area (Å²) in [6.07, 6.45) is 0.723. The molecule has 1 atom stereocenters. The van der Waals surface area contributed by atoms with Crippen LogP contribution in [-0.2, 0) is 12.0 Å². The van der Waals surface area contributed by atoms with Crippen LogP contribution in [0.2, 0.25) is 5.02 Å². The fourth-order valence-corrected chi connectivity index (χ4v) is 2.54. The van der Waals surface area contributed by atoms with Crippen molar-refractivity contribution in [2.24, 2.45) is 5.73 Å². The van der Waals surface area contributed by atoms with E-state index in [1.54, 1.807) is 7.11 Å². The van der Waals surface area contributed by atoms with Crippen molar-refractivity contribution in [2.75, 3.05) is 7.11 Å². The van der Waals surface area contributed by atoms with E-state index in [0.29, 0.717) is 5.02 Å². The lowest BCUT2D eigenvalue weighted by molar-refractivity contribution is 0.414. The van der Waals surface area contributed by atoms with Gasteiger partial charge in [0.05, 0.1) is 7.11 Å². The van der Waals surface area contributed by atoms with Gasteiger partial charge in [-0.05, 0) is 42.7 Å². The van der Waals surface area contributed by atoms with Crippen LogP contribution in [0.3, 0.4) is 0 Å². The second-order valence-corrected chi connectivity index (χ2v) is 5.33. The molecule has 0 aliphatic rings. The van der Waals surface area contributed by atoms with Gasteiger partial charge in [-0.25, -0.2) is 0 Å². The van der Waals surface area contributed by atoms with Crippen LogP contribution in [0.4, 0.5) is 0 Å². The Balaban J connectivity index is 2.23. The second-order valence-electron chi connectivity index (χ2n) is 4.92. The molecule has 2 rings (SSSR count). The minimum atomic E-state index is -0.493. The fraction of sp³-hybridized carbons (Fsp3) is 0.250. The van der Waals surface area contributed by atoms with Gasteiger partial charge >= 0.3 is 0 Å². The van der Waals surface area contributed by atoms with Gasteiger partial charge in [0.1, 0.15) is 5.75 Å². The molecule has 2 N–H and O–H groups in total. The van der Waals surface area contributed by atoms with Crippen molar-refractivity contribution >= 4 is 11.6 Å². The molecular weight excluding hydrogens is 258 g/mol. The van der Waals surface area contributed by atoms with E-state index in [0.717, 1.165) is 23.3 Å². The van der Waals surface area contributed by atoms with Gasteiger partial charge in [-0.15, -0.1) is 0 Å². The Labute approximate surface area is 119 Å². The first-order valence-corrected chi connectivity index (χ1v) is 6.57. The molecule has 0 bridgehead atoms. The van der Waals surface area contributed by atoms with Gasteiger partial charge in [0, 0.05) is 10.6 Å². The summed E-state index contributed by atoms with van der Waals surface area (Å²) in [6, 6.07) is 15.7. The van der Waals surface area contributed by atoms with Crippen LogP contribution in [-0.4, -0.2) is 7.11 Å². The number of ether oxygens (including phenoxy) is 1.